The molecule has 0 atom stereocenters. The molecule has 0 saturated carbocycles. The lowest BCUT2D eigenvalue weighted by molar-refractivity contribution is 0.660. The number of hydrogen-bond acceptors (Lipinski definition) is 0. The van der Waals surface area contributed by atoms with Crippen molar-refractivity contribution in [2.75, 3.05) is 0 Å². The van der Waals surface area contributed by atoms with E-state index in [1.54, 1.807) is 0 Å². The summed E-state index contributed by atoms with van der Waals surface area (Å²) in [4.78, 5) is 0. The maximum atomic E-state index is 2.50. The molecule has 0 saturated heterocycles. The molecule has 10 aromatic carbocycles. The molecule has 0 N–H and O–H groups in total. The summed E-state index contributed by atoms with van der Waals surface area (Å²) in [5, 5.41) is 5.05. The minimum absolute atomic E-state index is 0.0822. The van der Waals surface area contributed by atoms with Crippen LogP contribution in [0.25, 0.3) is 99.4 Å². The highest BCUT2D eigenvalue weighted by atomic mass is 14.4. The lowest BCUT2D eigenvalue weighted by Gasteiger charge is -2.24. The molecule has 10 aromatic rings. The normalized spacial score (nSPS) is 14.1. The highest BCUT2D eigenvalue weighted by molar-refractivity contribution is 6.24. The Labute approximate surface area is 364 Å². The molecular weight excluding hydrogens is 745 g/mol. The van der Waals surface area contributed by atoms with Crippen molar-refractivity contribution in [3.63, 3.8) is 0 Å². The van der Waals surface area contributed by atoms with Crippen LogP contribution in [0.2, 0.25) is 0 Å². The fraction of sp³-hybridized carbons (Fsp3) is 0.0968. The van der Waals surface area contributed by atoms with Gasteiger partial charge in [0.15, 0.2) is 0 Å². The number of benzene rings is 10. The number of hydrogen-bond donors (Lipinski definition) is 0. The summed E-state index contributed by atoms with van der Waals surface area (Å²) in [5.74, 6) is 0. The quantitative estimate of drug-likeness (QED) is 0.152. The van der Waals surface area contributed by atoms with Crippen LogP contribution in [0.3, 0.4) is 0 Å². The topological polar surface area (TPSA) is 0 Å². The van der Waals surface area contributed by atoms with E-state index in [0.717, 1.165) is 0 Å². The minimum Gasteiger partial charge on any atom is -0.0622 e. The van der Waals surface area contributed by atoms with Crippen molar-refractivity contribution in [1.82, 2.24) is 0 Å². The van der Waals surface area contributed by atoms with Gasteiger partial charge in [0.2, 0.25) is 0 Å². The monoisotopic (exact) mass is 790 g/mol. The second-order valence-electron chi connectivity index (χ2n) is 18.4. The van der Waals surface area contributed by atoms with Crippen LogP contribution in [-0.2, 0) is 10.8 Å². The van der Waals surface area contributed by atoms with Crippen LogP contribution in [0.5, 0.6) is 0 Å². The highest BCUT2D eigenvalue weighted by Gasteiger charge is 2.38. The predicted octanol–water partition coefficient (Wildman–Crippen LogP) is 16.9. The third kappa shape index (κ3) is 5.33. The van der Waals surface area contributed by atoms with Gasteiger partial charge in [-0.25, -0.2) is 0 Å². The molecule has 62 heavy (non-hydrogen) atoms. The second kappa shape index (κ2) is 13.6. The summed E-state index contributed by atoms with van der Waals surface area (Å²) in [6.45, 7) is 9.52. The Balaban J connectivity index is 1.14. The van der Waals surface area contributed by atoms with Crippen molar-refractivity contribution < 1.29 is 0 Å². The van der Waals surface area contributed by atoms with E-state index in [-0.39, 0.29) is 10.8 Å². The zero-order valence-electron chi connectivity index (χ0n) is 35.6. The van der Waals surface area contributed by atoms with Crippen molar-refractivity contribution >= 4 is 21.5 Å². The lowest BCUT2D eigenvalue weighted by Crippen LogP contribution is -2.14. The first-order chi connectivity index (χ1) is 30.3. The Hall–Kier alpha value is -7.28. The third-order valence-electron chi connectivity index (χ3n) is 14.3. The summed E-state index contributed by atoms with van der Waals surface area (Å²) < 4.78 is 0. The maximum Gasteiger partial charge on any atom is 0.0159 e. The molecule has 0 radical (unpaired) electrons. The summed E-state index contributed by atoms with van der Waals surface area (Å²) in [6.07, 6.45) is 0. The standard InChI is InChI=1S/C62H46/c1-61(2)55-27-15-13-24-51(55)60-52(25-16-28-56(60)61)59-49-23-11-10-22-48(49)58(47-21-9-8-19-44(47)41-31-29-40(30-32-41)39-17-6-5-7-18-39)50-36-34-42(37-53(50)59)43-33-35-46-45-20-12-14-26-54(45)62(3,4)57(46)38-43/h5-38H,1-4H3. The Morgan fingerprint density at radius 1 is 0.226 bits per heavy atom. The van der Waals surface area contributed by atoms with Crippen LogP contribution in [-0.4, -0.2) is 0 Å². The van der Waals surface area contributed by atoms with Crippen molar-refractivity contribution in [2.24, 2.45) is 0 Å². The van der Waals surface area contributed by atoms with Gasteiger partial charge in [-0.15, -0.1) is 0 Å². The van der Waals surface area contributed by atoms with Crippen molar-refractivity contribution in [3.8, 4) is 77.9 Å². The zero-order valence-corrected chi connectivity index (χ0v) is 35.6. The molecule has 0 spiro atoms. The molecule has 294 valence electrons. The Morgan fingerprint density at radius 2 is 0.677 bits per heavy atom. The van der Waals surface area contributed by atoms with E-state index in [1.165, 1.54) is 122 Å². The first-order valence-electron chi connectivity index (χ1n) is 22.0. The van der Waals surface area contributed by atoms with E-state index in [4.69, 9.17) is 0 Å². The largest absolute Gasteiger partial charge is 0.0622 e. The molecule has 2 aliphatic carbocycles. The average Bonchev–Trinajstić information content (AvgIpc) is 3.70. The fourth-order valence-corrected chi connectivity index (χ4v) is 11.2. The van der Waals surface area contributed by atoms with Gasteiger partial charge in [-0.2, -0.15) is 0 Å². The number of rotatable bonds is 5. The van der Waals surface area contributed by atoms with Gasteiger partial charge in [-0.1, -0.05) is 222 Å². The fourth-order valence-electron chi connectivity index (χ4n) is 11.2. The van der Waals surface area contributed by atoms with Gasteiger partial charge in [0, 0.05) is 10.8 Å². The molecule has 0 unspecified atom stereocenters. The SMILES string of the molecule is CC1(C)c2ccccc2-c2ccc(-c3ccc4c(-c5ccccc5-c5ccc(-c6ccccc6)cc5)c5ccccc5c(-c5cccc6c5-c5ccccc5C6(C)C)c4c3)cc21. The van der Waals surface area contributed by atoms with E-state index in [0.29, 0.717) is 0 Å². The van der Waals surface area contributed by atoms with Gasteiger partial charge in [-0.05, 0) is 134 Å². The summed E-state index contributed by atoms with van der Waals surface area (Å²) in [5.41, 5.74) is 23.2. The Bertz CT molecular complexity index is 3430. The number of fused-ring (bicyclic) bond motifs is 8. The molecule has 2 aliphatic rings. The van der Waals surface area contributed by atoms with E-state index in [9.17, 15) is 0 Å². The van der Waals surface area contributed by atoms with Crippen LogP contribution >= 0.6 is 0 Å². The van der Waals surface area contributed by atoms with Gasteiger partial charge in [0.1, 0.15) is 0 Å². The lowest BCUT2D eigenvalue weighted by atomic mass is 9.79. The summed E-state index contributed by atoms with van der Waals surface area (Å²) in [7, 11) is 0. The second-order valence-corrected chi connectivity index (χ2v) is 18.4. The smallest absolute Gasteiger partial charge is 0.0159 e. The van der Waals surface area contributed by atoms with Gasteiger partial charge >= 0.3 is 0 Å². The molecular formula is C62H46. The summed E-state index contributed by atoms with van der Waals surface area (Å²) >= 11 is 0. The van der Waals surface area contributed by atoms with Crippen molar-refractivity contribution in [1.29, 1.82) is 0 Å². The predicted molar refractivity (Wildman–Crippen MR) is 264 cm³/mol. The Kier molecular flexibility index (Phi) is 8.03. The minimum atomic E-state index is -0.109. The molecule has 12 rings (SSSR count). The first kappa shape index (κ1) is 36.6. The van der Waals surface area contributed by atoms with Crippen LogP contribution < -0.4 is 0 Å². The summed E-state index contributed by atoms with van der Waals surface area (Å²) in [6, 6.07) is 77.4. The van der Waals surface area contributed by atoms with Gasteiger partial charge in [0.25, 0.3) is 0 Å². The van der Waals surface area contributed by atoms with Crippen LogP contribution in [0.15, 0.2) is 206 Å². The van der Waals surface area contributed by atoms with Gasteiger partial charge in [-0.3, -0.25) is 0 Å². The van der Waals surface area contributed by atoms with E-state index in [2.05, 4.69) is 234 Å². The first-order valence-corrected chi connectivity index (χ1v) is 22.0. The molecule has 0 fully saturated rings. The highest BCUT2D eigenvalue weighted by Crippen LogP contribution is 2.56. The van der Waals surface area contributed by atoms with Crippen LogP contribution in [0.1, 0.15) is 49.9 Å². The maximum absolute atomic E-state index is 2.50. The molecule has 0 nitrogen and oxygen atoms in total. The van der Waals surface area contributed by atoms with Gasteiger partial charge < -0.3 is 0 Å². The van der Waals surface area contributed by atoms with Crippen molar-refractivity contribution in [3.05, 3.63) is 229 Å². The molecule has 0 aromatic heterocycles. The van der Waals surface area contributed by atoms with E-state index in [1.807, 2.05) is 0 Å². The molecule has 0 bridgehead atoms. The third-order valence-corrected chi connectivity index (χ3v) is 14.3. The average molecular weight is 791 g/mol. The van der Waals surface area contributed by atoms with Crippen LogP contribution in [0.4, 0.5) is 0 Å². The molecule has 0 heterocycles. The van der Waals surface area contributed by atoms with E-state index < -0.39 is 0 Å². The van der Waals surface area contributed by atoms with Crippen LogP contribution in [0, 0.1) is 0 Å². The van der Waals surface area contributed by atoms with Crippen molar-refractivity contribution in [2.45, 2.75) is 38.5 Å². The molecule has 0 heteroatoms. The van der Waals surface area contributed by atoms with Gasteiger partial charge in [0.05, 0.1) is 0 Å². The van der Waals surface area contributed by atoms with E-state index >= 15 is 0 Å². The molecule has 0 aliphatic heterocycles. The zero-order chi connectivity index (χ0) is 41.7. The Morgan fingerprint density at radius 3 is 1.42 bits per heavy atom. The molecule has 0 amide bonds.